The van der Waals surface area contributed by atoms with E-state index in [4.69, 9.17) is 16.3 Å². The fraction of sp³-hybridized carbons (Fsp3) is 0.240. The van der Waals surface area contributed by atoms with E-state index in [1.54, 1.807) is 18.2 Å². The van der Waals surface area contributed by atoms with E-state index >= 15 is 0 Å². The Balaban J connectivity index is 1.50. The number of hydrogen-bond donors (Lipinski definition) is 0. The SMILES string of the molecule is O=C(Cc1cccc(Cl)c1)N1CC[C@@H](Oc2ccc([N+](=O)[O-])cc2)[C@@H](c2ccccc2)C1. The van der Waals surface area contributed by atoms with Gasteiger partial charge in [-0.25, -0.2) is 0 Å². The molecule has 164 valence electrons. The lowest BCUT2D eigenvalue weighted by Crippen LogP contribution is -2.47. The van der Waals surface area contributed by atoms with Crippen LogP contribution in [0.25, 0.3) is 0 Å². The molecule has 4 rings (SSSR count). The first kappa shape index (κ1) is 21.8. The highest BCUT2D eigenvalue weighted by Crippen LogP contribution is 2.32. The Morgan fingerprint density at radius 3 is 2.50 bits per heavy atom. The lowest BCUT2D eigenvalue weighted by atomic mass is 9.87. The van der Waals surface area contributed by atoms with Gasteiger partial charge in [-0.3, -0.25) is 14.9 Å². The molecule has 1 heterocycles. The summed E-state index contributed by atoms with van der Waals surface area (Å²) in [6.07, 6.45) is 0.822. The van der Waals surface area contributed by atoms with Gasteiger partial charge in [0.2, 0.25) is 5.91 Å². The molecular weight excluding hydrogens is 428 g/mol. The Morgan fingerprint density at radius 1 is 1.06 bits per heavy atom. The number of nitrogens with zero attached hydrogens (tertiary/aromatic N) is 2. The third kappa shape index (κ3) is 5.26. The second kappa shape index (κ2) is 9.83. The Morgan fingerprint density at radius 2 is 1.81 bits per heavy atom. The van der Waals surface area contributed by atoms with E-state index < -0.39 is 4.92 Å². The number of halogens is 1. The third-order valence-corrected chi connectivity index (χ3v) is 5.94. The van der Waals surface area contributed by atoms with Gasteiger partial charge in [-0.05, 0) is 35.4 Å². The van der Waals surface area contributed by atoms with E-state index in [9.17, 15) is 14.9 Å². The van der Waals surface area contributed by atoms with Crippen LogP contribution in [0.5, 0.6) is 5.75 Å². The number of amides is 1. The molecule has 0 bridgehead atoms. The summed E-state index contributed by atoms with van der Waals surface area (Å²) in [5.74, 6) is 0.630. The van der Waals surface area contributed by atoms with Gasteiger partial charge < -0.3 is 9.64 Å². The highest BCUT2D eigenvalue weighted by atomic mass is 35.5. The van der Waals surface area contributed by atoms with Crippen LogP contribution in [0.15, 0.2) is 78.9 Å². The number of piperidine rings is 1. The minimum absolute atomic E-state index is 0.0107. The van der Waals surface area contributed by atoms with Gasteiger partial charge in [0.25, 0.3) is 5.69 Å². The van der Waals surface area contributed by atoms with E-state index in [1.165, 1.54) is 12.1 Å². The van der Waals surface area contributed by atoms with Crippen LogP contribution >= 0.6 is 11.6 Å². The second-order valence-corrected chi connectivity index (χ2v) is 8.30. The molecule has 3 aromatic carbocycles. The Bertz CT molecular complexity index is 1090. The summed E-state index contributed by atoms with van der Waals surface area (Å²) >= 11 is 6.06. The zero-order valence-electron chi connectivity index (χ0n) is 17.4. The van der Waals surface area contributed by atoms with Crippen molar-refractivity contribution in [3.63, 3.8) is 0 Å². The molecule has 1 aliphatic heterocycles. The number of rotatable bonds is 6. The number of nitro groups is 1. The third-order valence-electron chi connectivity index (χ3n) is 5.71. The minimum atomic E-state index is -0.430. The zero-order chi connectivity index (χ0) is 22.5. The summed E-state index contributed by atoms with van der Waals surface area (Å²) in [5, 5.41) is 11.5. The van der Waals surface area contributed by atoms with Crippen molar-refractivity contribution in [3.8, 4) is 5.75 Å². The molecule has 32 heavy (non-hydrogen) atoms. The van der Waals surface area contributed by atoms with Crippen molar-refractivity contribution in [3.05, 3.63) is 105 Å². The molecule has 0 aromatic heterocycles. The van der Waals surface area contributed by atoms with Crippen molar-refractivity contribution >= 4 is 23.2 Å². The van der Waals surface area contributed by atoms with E-state index in [2.05, 4.69) is 0 Å². The maximum absolute atomic E-state index is 13.0. The molecule has 0 unspecified atom stereocenters. The smallest absolute Gasteiger partial charge is 0.269 e. The highest BCUT2D eigenvalue weighted by molar-refractivity contribution is 6.30. The molecule has 3 aromatic rings. The van der Waals surface area contributed by atoms with Gasteiger partial charge in [0, 0.05) is 42.6 Å². The van der Waals surface area contributed by atoms with E-state index in [0.717, 1.165) is 11.1 Å². The minimum Gasteiger partial charge on any atom is -0.490 e. The van der Waals surface area contributed by atoms with Gasteiger partial charge >= 0.3 is 0 Å². The number of hydrogen-bond acceptors (Lipinski definition) is 4. The van der Waals surface area contributed by atoms with Crippen molar-refractivity contribution in [2.45, 2.75) is 24.9 Å². The molecule has 0 saturated carbocycles. The van der Waals surface area contributed by atoms with Crippen LogP contribution in [-0.4, -0.2) is 34.9 Å². The van der Waals surface area contributed by atoms with E-state index in [-0.39, 0.29) is 23.6 Å². The fourth-order valence-electron chi connectivity index (χ4n) is 4.07. The molecule has 0 aliphatic carbocycles. The number of ether oxygens (including phenoxy) is 1. The van der Waals surface area contributed by atoms with Gasteiger partial charge in [0.1, 0.15) is 11.9 Å². The molecule has 2 atom stereocenters. The predicted molar refractivity (Wildman–Crippen MR) is 123 cm³/mol. The lowest BCUT2D eigenvalue weighted by molar-refractivity contribution is -0.384. The van der Waals surface area contributed by atoms with Crippen LogP contribution in [0.4, 0.5) is 5.69 Å². The number of likely N-dealkylation sites (tertiary alicyclic amines) is 1. The van der Waals surface area contributed by atoms with Crippen molar-refractivity contribution in [2.24, 2.45) is 0 Å². The maximum atomic E-state index is 13.0. The average molecular weight is 451 g/mol. The first-order valence-corrected chi connectivity index (χ1v) is 10.9. The summed E-state index contributed by atoms with van der Waals surface area (Å²) < 4.78 is 6.24. The van der Waals surface area contributed by atoms with Gasteiger partial charge in [0.05, 0.1) is 11.3 Å². The van der Waals surface area contributed by atoms with Crippen molar-refractivity contribution in [2.75, 3.05) is 13.1 Å². The summed E-state index contributed by atoms with van der Waals surface area (Å²) in [6.45, 7) is 1.13. The lowest BCUT2D eigenvalue weighted by Gasteiger charge is -2.39. The molecule has 6 nitrogen and oxygen atoms in total. The van der Waals surface area contributed by atoms with Crippen LogP contribution < -0.4 is 4.74 Å². The molecule has 7 heteroatoms. The molecular formula is C25H23ClN2O4. The summed E-state index contributed by atoms with van der Waals surface area (Å²) in [6, 6.07) is 23.5. The van der Waals surface area contributed by atoms with Crippen molar-refractivity contribution in [1.29, 1.82) is 0 Å². The van der Waals surface area contributed by atoms with Crippen LogP contribution in [0.3, 0.4) is 0 Å². The Hall–Kier alpha value is -3.38. The zero-order valence-corrected chi connectivity index (χ0v) is 18.1. The highest BCUT2D eigenvalue weighted by Gasteiger charge is 2.34. The molecule has 1 aliphatic rings. The first-order chi connectivity index (χ1) is 15.5. The monoisotopic (exact) mass is 450 g/mol. The van der Waals surface area contributed by atoms with Gasteiger partial charge in [0.15, 0.2) is 0 Å². The summed E-state index contributed by atoms with van der Waals surface area (Å²) in [5.41, 5.74) is 2.01. The summed E-state index contributed by atoms with van der Waals surface area (Å²) in [7, 11) is 0. The molecule has 1 fully saturated rings. The van der Waals surface area contributed by atoms with Crippen molar-refractivity contribution in [1.82, 2.24) is 4.90 Å². The van der Waals surface area contributed by atoms with Crippen LogP contribution in [0.1, 0.15) is 23.5 Å². The topological polar surface area (TPSA) is 72.7 Å². The summed E-state index contributed by atoms with van der Waals surface area (Å²) in [4.78, 5) is 25.4. The fourth-order valence-corrected chi connectivity index (χ4v) is 4.29. The van der Waals surface area contributed by atoms with Gasteiger partial charge in [-0.15, -0.1) is 0 Å². The number of carbonyl (C=O) groups excluding carboxylic acids is 1. The number of carbonyl (C=O) groups is 1. The molecule has 1 saturated heterocycles. The average Bonchev–Trinajstić information content (AvgIpc) is 2.80. The van der Waals surface area contributed by atoms with E-state index in [0.29, 0.717) is 36.7 Å². The van der Waals surface area contributed by atoms with E-state index in [1.807, 2.05) is 53.4 Å². The van der Waals surface area contributed by atoms with Crippen LogP contribution in [-0.2, 0) is 11.2 Å². The van der Waals surface area contributed by atoms with Crippen molar-refractivity contribution < 1.29 is 14.5 Å². The number of nitro benzene ring substituents is 1. The molecule has 0 radical (unpaired) electrons. The Labute approximate surface area is 191 Å². The molecule has 1 amide bonds. The van der Waals surface area contributed by atoms with Crippen LogP contribution in [0.2, 0.25) is 5.02 Å². The predicted octanol–water partition coefficient (Wildman–Crippen LogP) is 5.25. The maximum Gasteiger partial charge on any atom is 0.269 e. The number of non-ortho nitro benzene ring substituents is 1. The molecule has 0 N–H and O–H groups in total. The van der Waals surface area contributed by atoms with Crippen LogP contribution in [0, 0.1) is 10.1 Å². The largest absolute Gasteiger partial charge is 0.490 e. The molecule has 0 spiro atoms. The normalized spacial score (nSPS) is 18.2. The second-order valence-electron chi connectivity index (χ2n) is 7.86. The quantitative estimate of drug-likeness (QED) is 0.379. The Kier molecular flexibility index (Phi) is 6.71. The standard InChI is InChI=1S/C25H23ClN2O4/c26-20-8-4-5-18(15-20)16-25(29)27-14-13-24(23(17-27)19-6-2-1-3-7-19)32-22-11-9-21(10-12-22)28(30)31/h1-12,15,23-24H,13-14,16-17H2/t23-,24-/m1/s1. The first-order valence-electron chi connectivity index (χ1n) is 10.5. The van der Waals surface area contributed by atoms with Gasteiger partial charge in [-0.1, -0.05) is 54.1 Å². The van der Waals surface area contributed by atoms with Gasteiger partial charge in [-0.2, -0.15) is 0 Å². The number of benzene rings is 3.